The Morgan fingerprint density at radius 2 is 1.83 bits per heavy atom. The molecule has 3 heteroatoms. The van der Waals surface area contributed by atoms with Crippen molar-refractivity contribution < 1.29 is 14.3 Å². The molecule has 0 heterocycles. The number of hydrogen-bond acceptors (Lipinski definition) is 3. The number of carbonyl (C=O) groups is 2. The molecule has 23 heavy (non-hydrogen) atoms. The van der Waals surface area contributed by atoms with Crippen molar-refractivity contribution in [1.82, 2.24) is 0 Å². The molecule has 1 fully saturated rings. The van der Waals surface area contributed by atoms with Crippen LogP contribution >= 0.6 is 0 Å². The minimum atomic E-state index is -0.239. The van der Waals surface area contributed by atoms with Gasteiger partial charge in [0.1, 0.15) is 0 Å². The van der Waals surface area contributed by atoms with E-state index >= 15 is 0 Å². The predicted molar refractivity (Wildman–Crippen MR) is 87.2 cm³/mol. The molecule has 0 spiro atoms. The summed E-state index contributed by atoms with van der Waals surface area (Å²) in [6.07, 6.45) is 1.79. The third-order valence-electron chi connectivity index (χ3n) is 4.88. The number of hydrogen-bond donors (Lipinski definition) is 0. The van der Waals surface area contributed by atoms with Gasteiger partial charge in [0, 0.05) is 5.56 Å². The van der Waals surface area contributed by atoms with Crippen molar-refractivity contribution in [2.24, 2.45) is 11.8 Å². The van der Waals surface area contributed by atoms with Crippen LogP contribution in [0.25, 0.3) is 11.1 Å². The summed E-state index contributed by atoms with van der Waals surface area (Å²) in [5.41, 5.74) is 5.46. The summed E-state index contributed by atoms with van der Waals surface area (Å²) in [7, 11) is 0. The van der Waals surface area contributed by atoms with Crippen molar-refractivity contribution in [3.63, 3.8) is 0 Å². The summed E-state index contributed by atoms with van der Waals surface area (Å²) in [5.74, 6) is 0.0139. The van der Waals surface area contributed by atoms with E-state index in [2.05, 4.69) is 12.1 Å². The van der Waals surface area contributed by atoms with Gasteiger partial charge in [0.05, 0.1) is 5.92 Å². The van der Waals surface area contributed by atoms with Gasteiger partial charge in [-0.15, -0.1) is 0 Å². The van der Waals surface area contributed by atoms with Crippen molar-refractivity contribution in [2.75, 3.05) is 6.61 Å². The molecule has 0 aromatic heterocycles. The molecule has 0 unspecified atom stereocenters. The van der Waals surface area contributed by atoms with Crippen LogP contribution in [-0.4, -0.2) is 18.4 Å². The summed E-state index contributed by atoms with van der Waals surface area (Å²) in [6.45, 7) is 1.86. The van der Waals surface area contributed by atoms with Gasteiger partial charge in [-0.3, -0.25) is 9.59 Å². The lowest BCUT2D eigenvalue weighted by molar-refractivity contribution is -0.144. The summed E-state index contributed by atoms with van der Waals surface area (Å²) >= 11 is 0. The van der Waals surface area contributed by atoms with E-state index in [4.69, 9.17) is 4.74 Å². The number of ketones is 1. The maximum absolute atomic E-state index is 12.3. The van der Waals surface area contributed by atoms with Gasteiger partial charge < -0.3 is 4.74 Å². The summed E-state index contributed by atoms with van der Waals surface area (Å²) in [6, 6.07) is 14.0. The van der Waals surface area contributed by atoms with Crippen LogP contribution in [0.1, 0.15) is 34.8 Å². The molecule has 2 aliphatic carbocycles. The van der Waals surface area contributed by atoms with Crippen LogP contribution in [0.3, 0.4) is 0 Å². The standard InChI is InChI=1S/C20H18O3/c1-12-8-17(12)20(22)23-11-19(21)15-7-6-14-9-13-4-2-3-5-16(13)18(14)10-15/h2-7,10,12,17H,8-9,11H2,1H3/t12-,17+/m0/s1. The van der Waals surface area contributed by atoms with E-state index in [-0.39, 0.29) is 24.3 Å². The number of fused-ring (bicyclic) bond motifs is 3. The van der Waals surface area contributed by atoms with E-state index < -0.39 is 0 Å². The van der Waals surface area contributed by atoms with Gasteiger partial charge in [-0.05, 0) is 47.1 Å². The van der Waals surface area contributed by atoms with Gasteiger partial charge in [-0.25, -0.2) is 0 Å². The average Bonchev–Trinajstić information content (AvgIpc) is 3.18. The average molecular weight is 306 g/mol. The van der Waals surface area contributed by atoms with Crippen molar-refractivity contribution in [1.29, 1.82) is 0 Å². The minimum absolute atomic E-state index is 0.00491. The molecule has 0 amide bonds. The fraction of sp³-hybridized carbons (Fsp3) is 0.300. The largest absolute Gasteiger partial charge is 0.457 e. The highest BCUT2D eigenvalue weighted by atomic mass is 16.5. The molecule has 4 rings (SSSR count). The topological polar surface area (TPSA) is 43.4 Å². The number of ether oxygens (including phenoxy) is 1. The quantitative estimate of drug-likeness (QED) is 0.546. The Hall–Kier alpha value is -2.42. The molecule has 0 N–H and O–H groups in total. The van der Waals surface area contributed by atoms with Gasteiger partial charge >= 0.3 is 5.97 Å². The molecular weight excluding hydrogens is 288 g/mol. The van der Waals surface area contributed by atoms with Gasteiger partial charge in [0.15, 0.2) is 12.4 Å². The molecule has 0 saturated heterocycles. The second-order valence-electron chi connectivity index (χ2n) is 6.56. The highest BCUT2D eigenvalue weighted by Gasteiger charge is 2.40. The molecule has 0 aliphatic heterocycles. The molecule has 2 aromatic rings. The lowest BCUT2D eigenvalue weighted by atomic mass is 10.0. The Morgan fingerprint density at radius 3 is 2.61 bits per heavy atom. The maximum Gasteiger partial charge on any atom is 0.309 e. The van der Waals surface area contributed by atoms with E-state index in [9.17, 15) is 9.59 Å². The number of carbonyl (C=O) groups excluding carboxylic acids is 2. The first-order valence-electron chi connectivity index (χ1n) is 8.04. The SMILES string of the molecule is C[C@H]1C[C@H]1C(=O)OCC(=O)c1ccc2c(c1)-c1ccccc1C2. The Kier molecular flexibility index (Phi) is 3.29. The molecule has 2 atom stereocenters. The lowest BCUT2D eigenvalue weighted by Crippen LogP contribution is -2.15. The van der Waals surface area contributed by atoms with Gasteiger partial charge in [-0.2, -0.15) is 0 Å². The van der Waals surface area contributed by atoms with Crippen LogP contribution in [0, 0.1) is 11.8 Å². The van der Waals surface area contributed by atoms with Crippen LogP contribution in [0.5, 0.6) is 0 Å². The summed E-state index contributed by atoms with van der Waals surface area (Å²) in [4.78, 5) is 24.0. The zero-order valence-corrected chi connectivity index (χ0v) is 13.0. The maximum atomic E-state index is 12.3. The Balaban J connectivity index is 1.50. The predicted octanol–water partition coefficient (Wildman–Crippen LogP) is 3.64. The van der Waals surface area contributed by atoms with Crippen LogP contribution in [0.4, 0.5) is 0 Å². The van der Waals surface area contributed by atoms with Crippen LogP contribution in [0.15, 0.2) is 42.5 Å². The zero-order valence-electron chi connectivity index (χ0n) is 13.0. The second kappa shape index (κ2) is 5.34. The van der Waals surface area contributed by atoms with E-state index in [1.807, 2.05) is 37.3 Å². The van der Waals surface area contributed by atoms with Gasteiger partial charge in [0.2, 0.25) is 0 Å². The molecule has 2 aliphatic rings. The summed E-state index contributed by atoms with van der Waals surface area (Å²) in [5, 5.41) is 0. The number of Topliss-reactive ketones (excluding diaryl/α,β-unsaturated/α-hetero) is 1. The fourth-order valence-corrected chi connectivity index (χ4v) is 3.27. The van der Waals surface area contributed by atoms with E-state index in [1.54, 1.807) is 0 Å². The van der Waals surface area contributed by atoms with Crippen molar-refractivity contribution >= 4 is 11.8 Å². The van der Waals surface area contributed by atoms with Crippen LogP contribution < -0.4 is 0 Å². The monoisotopic (exact) mass is 306 g/mol. The third kappa shape index (κ3) is 2.56. The molecule has 3 nitrogen and oxygen atoms in total. The van der Waals surface area contributed by atoms with Crippen molar-refractivity contribution in [2.45, 2.75) is 19.8 Å². The smallest absolute Gasteiger partial charge is 0.309 e. The number of esters is 1. The van der Waals surface area contributed by atoms with Gasteiger partial charge in [-0.1, -0.05) is 43.3 Å². The number of rotatable bonds is 4. The lowest BCUT2D eigenvalue weighted by Gasteiger charge is -2.06. The highest BCUT2D eigenvalue weighted by molar-refractivity contribution is 5.99. The molecular formula is C20H18O3. The molecule has 116 valence electrons. The van der Waals surface area contributed by atoms with E-state index in [1.165, 1.54) is 16.7 Å². The molecule has 1 saturated carbocycles. The molecule has 0 bridgehead atoms. The Labute approximate surface area is 135 Å². The Bertz CT molecular complexity index is 806. The first kappa shape index (κ1) is 14.2. The minimum Gasteiger partial charge on any atom is -0.457 e. The van der Waals surface area contributed by atoms with Crippen molar-refractivity contribution in [3.05, 3.63) is 59.2 Å². The molecule has 2 aromatic carbocycles. The molecule has 0 radical (unpaired) electrons. The first-order valence-corrected chi connectivity index (χ1v) is 8.04. The van der Waals surface area contributed by atoms with Crippen molar-refractivity contribution in [3.8, 4) is 11.1 Å². The normalized spacial score (nSPS) is 20.6. The van der Waals surface area contributed by atoms with E-state index in [0.717, 1.165) is 18.4 Å². The fourth-order valence-electron chi connectivity index (χ4n) is 3.27. The van der Waals surface area contributed by atoms with Crippen LogP contribution in [0.2, 0.25) is 0 Å². The third-order valence-corrected chi connectivity index (χ3v) is 4.88. The van der Waals surface area contributed by atoms with E-state index in [0.29, 0.717) is 11.5 Å². The zero-order chi connectivity index (χ0) is 16.0. The number of benzene rings is 2. The first-order chi connectivity index (χ1) is 11.1. The Morgan fingerprint density at radius 1 is 1.09 bits per heavy atom. The van der Waals surface area contributed by atoms with Crippen LogP contribution in [-0.2, 0) is 16.0 Å². The second-order valence-corrected chi connectivity index (χ2v) is 6.56. The van der Waals surface area contributed by atoms with Gasteiger partial charge in [0.25, 0.3) is 0 Å². The highest BCUT2D eigenvalue weighted by Crippen LogP contribution is 2.39. The summed E-state index contributed by atoms with van der Waals surface area (Å²) < 4.78 is 5.15.